The van der Waals surface area contributed by atoms with E-state index in [9.17, 15) is 5.26 Å². The Morgan fingerprint density at radius 2 is 2.00 bits per heavy atom. The standard InChI is InChI=1S/C16H11ClN4O/c1-22-15-8-3-2-7-13(15)16-14(10-18)19-20-21(16)12-6-4-5-11(17)9-12/h2-9H,1H3. The average molecular weight is 311 g/mol. The monoisotopic (exact) mass is 310 g/mol. The van der Waals surface area contributed by atoms with Crippen molar-refractivity contribution in [1.29, 1.82) is 5.26 Å². The number of hydrogen-bond donors (Lipinski definition) is 0. The predicted octanol–water partition coefficient (Wildman–Crippen LogP) is 3.47. The summed E-state index contributed by atoms with van der Waals surface area (Å²) >= 11 is 6.04. The Hall–Kier alpha value is -2.84. The molecule has 1 heterocycles. The number of halogens is 1. The van der Waals surface area contributed by atoms with Crippen LogP contribution in [-0.4, -0.2) is 22.1 Å². The van der Waals surface area contributed by atoms with E-state index in [0.717, 1.165) is 11.3 Å². The first-order valence-corrected chi connectivity index (χ1v) is 6.87. The van der Waals surface area contributed by atoms with Gasteiger partial charge in [-0.25, -0.2) is 4.68 Å². The van der Waals surface area contributed by atoms with Gasteiger partial charge >= 0.3 is 0 Å². The molecule has 5 nitrogen and oxygen atoms in total. The van der Waals surface area contributed by atoms with Crippen LogP contribution in [0.1, 0.15) is 5.69 Å². The highest BCUT2D eigenvalue weighted by molar-refractivity contribution is 6.30. The number of para-hydroxylation sites is 1. The van der Waals surface area contributed by atoms with Crippen LogP contribution in [0, 0.1) is 11.3 Å². The first-order chi connectivity index (χ1) is 10.7. The van der Waals surface area contributed by atoms with Gasteiger partial charge in [0.25, 0.3) is 0 Å². The van der Waals surface area contributed by atoms with E-state index < -0.39 is 0 Å². The number of nitrogens with zero attached hydrogens (tertiary/aromatic N) is 4. The van der Waals surface area contributed by atoms with Gasteiger partial charge < -0.3 is 4.74 Å². The van der Waals surface area contributed by atoms with E-state index in [1.165, 1.54) is 0 Å². The largest absolute Gasteiger partial charge is 0.496 e. The molecule has 0 radical (unpaired) electrons. The van der Waals surface area contributed by atoms with Crippen molar-refractivity contribution in [3.8, 4) is 28.8 Å². The van der Waals surface area contributed by atoms with Crippen LogP contribution in [0.5, 0.6) is 5.75 Å². The minimum absolute atomic E-state index is 0.226. The van der Waals surface area contributed by atoms with Gasteiger partial charge in [-0.3, -0.25) is 0 Å². The van der Waals surface area contributed by atoms with E-state index in [-0.39, 0.29) is 5.69 Å². The van der Waals surface area contributed by atoms with Crippen molar-refractivity contribution in [3.63, 3.8) is 0 Å². The molecule has 0 aliphatic carbocycles. The molecular formula is C16H11ClN4O. The summed E-state index contributed by atoms with van der Waals surface area (Å²) in [6, 6.07) is 16.7. The molecule has 0 spiro atoms. The molecule has 0 N–H and O–H groups in total. The SMILES string of the molecule is COc1ccccc1-c1c(C#N)nnn1-c1cccc(Cl)c1. The Morgan fingerprint density at radius 1 is 1.18 bits per heavy atom. The number of methoxy groups -OCH3 is 1. The third-order valence-corrected chi connectivity index (χ3v) is 3.43. The van der Waals surface area contributed by atoms with Crippen LogP contribution in [0.4, 0.5) is 0 Å². The summed E-state index contributed by atoms with van der Waals surface area (Å²) in [5.41, 5.74) is 2.26. The molecule has 0 unspecified atom stereocenters. The summed E-state index contributed by atoms with van der Waals surface area (Å²) < 4.78 is 6.96. The lowest BCUT2D eigenvalue weighted by Gasteiger charge is -2.10. The Balaban J connectivity index is 2.27. The van der Waals surface area contributed by atoms with Crippen molar-refractivity contribution in [2.75, 3.05) is 7.11 Å². The van der Waals surface area contributed by atoms with Crippen LogP contribution in [-0.2, 0) is 0 Å². The second-order valence-corrected chi connectivity index (χ2v) is 4.93. The normalized spacial score (nSPS) is 10.2. The second-order valence-electron chi connectivity index (χ2n) is 4.49. The number of hydrogen-bond acceptors (Lipinski definition) is 4. The molecule has 0 aliphatic rings. The zero-order valence-corrected chi connectivity index (χ0v) is 12.4. The van der Waals surface area contributed by atoms with E-state index in [1.54, 1.807) is 23.9 Å². The van der Waals surface area contributed by atoms with E-state index >= 15 is 0 Å². The van der Waals surface area contributed by atoms with Crippen LogP contribution in [0.3, 0.4) is 0 Å². The van der Waals surface area contributed by atoms with Gasteiger partial charge in [0.05, 0.1) is 12.8 Å². The maximum Gasteiger partial charge on any atom is 0.191 e. The molecule has 6 heteroatoms. The maximum absolute atomic E-state index is 9.33. The van der Waals surface area contributed by atoms with Crippen molar-refractivity contribution >= 4 is 11.6 Å². The Bertz CT molecular complexity index is 867. The molecule has 0 amide bonds. The van der Waals surface area contributed by atoms with Gasteiger partial charge in [-0.05, 0) is 30.3 Å². The Kier molecular flexibility index (Phi) is 3.77. The number of aromatic nitrogens is 3. The summed E-state index contributed by atoms with van der Waals surface area (Å²) in [6.45, 7) is 0. The number of ether oxygens (including phenoxy) is 1. The quantitative estimate of drug-likeness (QED) is 0.743. The summed E-state index contributed by atoms with van der Waals surface area (Å²) in [4.78, 5) is 0. The van der Waals surface area contributed by atoms with Crippen LogP contribution in [0.15, 0.2) is 48.5 Å². The fourth-order valence-corrected chi connectivity index (χ4v) is 2.41. The van der Waals surface area contributed by atoms with E-state index in [0.29, 0.717) is 16.5 Å². The third-order valence-electron chi connectivity index (χ3n) is 3.19. The smallest absolute Gasteiger partial charge is 0.191 e. The highest BCUT2D eigenvalue weighted by Gasteiger charge is 2.19. The van der Waals surface area contributed by atoms with E-state index in [4.69, 9.17) is 16.3 Å². The summed E-state index contributed by atoms with van der Waals surface area (Å²) in [7, 11) is 1.58. The lowest BCUT2D eigenvalue weighted by Crippen LogP contribution is -2.01. The highest BCUT2D eigenvalue weighted by atomic mass is 35.5. The zero-order chi connectivity index (χ0) is 15.5. The summed E-state index contributed by atoms with van der Waals surface area (Å²) in [6.07, 6.45) is 0. The number of nitriles is 1. The second kappa shape index (κ2) is 5.88. The van der Waals surface area contributed by atoms with E-state index in [2.05, 4.69) is 16.4 Å². The average Bonchev–Trinajstić information content (AvgIpc) is 2.98. The molecule has 0 saturated carbocycles. The molecule has 22 heavy (non-hydrogen) atoms. The first kappa shape index (κ1) is 14.1. The van der Waals surface area contributed by atoms with Crippen LogP contribution < -0.4 is 4.74 Å². The van der Waals surface area contributed by atoms with Crippen molar-refractivity contribution in [2.24, 2.45) is 0 Å². The molecule has 0 fully saturated rings. The molecule has 3 aromatic rings. The molecular weight excluding hydrogens is 300 g/mol. The van der Waals surface area contributed by atoms with Gasteiger partial charge in [0.1, 0.15) is 17.5 Å². The van der Waals surface area contributed by atoms with Crippen LogP contribution in [0.25, 0.3) is 16.9 Å². The highest BCUT2D eigenvalue weighted by Crippen LogP contribution is 2.32. The zero-order valence-electron chi connectivity index (χ0n) is 11.7. The van der Waals surface area contributed by atoms with Gasteiger partial charge in [0.2, 0.25) is 0 Å². The molecule has 108 valence electrons. The Labute approximate surface area is 132 Å². The minimum Gasteiger partial charge on any atom is -0.496 e. The molecule has 0 saturated heterocycles. The summed E-state index contributed by atoms with van der Waals surface area (Å²) in [5.74, 6) is 0.643. The van der Waals surface area contributed by atoms with Gasteiger partial charge in [-0.15, -0.1) is 5.10 Å². The van der Waals surface area contributed by atoms with Crippen molar-refractivity contribution in [1.82, 2.24) is 15.0 Å². The Morgan fingerprint density at radius 3 is 2.73 bits per heavy atom. The van der Waals surface area contributed by atoms with Gasteiger partial charge in [0, 0.05) is 10.6 Å². The van der Waals surface area contributed by atoms with E-state index in [1.807, 2.05) is 36.4 Å². The molecule has 2 aromatic carbocycles. The van der Waals surface area contributed by atoms with Crippen molar-refractivity contribution in [3.05, 3.63) is 59.2 Å². The predicted molar refractivity (Wildman–Crippen MR) is 83.1 cm³/mol. The van der Waals surface area contributed by atoms with Crippen molar-refractivity contribution < 1.29 is 4.74 Å². The number of rotatable bonds is 3. The maximum atomic E-state index is 9.33. The topological polar surface area (TPSA) is 63.7 Å². The van der Waals surface area contributed by atoms with Crippen molar-refractivity contribution in [2.45, 2.75) is 0 Å². The first-order valence-electron chi connectivity index (χ1n) is 6.49. The van der Waals surface area contributed by atoms with Crippen LogP contribution in [0.2, 0.25) is 5.02 Å². The van der Waals surface area contributed by atoms with Crippen LogP contribution >= 0.6 is 11.6 Å². The molecule has 0 aliphatic heterocycles. The fourth-order valence-electron chi connectivity index (χ4n) is 2.23. The van der Waals surface area contributed by atoms with Gasteiger partial charge in [0.15, 0.2) is 5.69 Å². The molecule has 0 bridgehead atoms. The third kappa shape index (κ3) is 2.41. The molecule has 3 rings (SSSR count). The lowest BCUT2D eigenvalue weighted by molar-refractivity contribution is 0.416. The van der Waals surface area contributed by atoms with Gasteiger partial charge in [-0.1, -0.05) is 35.0 Å². The number of benzene rings is 2. The fraction of sp³-hybridized carbons (Fsp3) is 0.0625. The molecule has 1 aromatic heterocycles. The lowest BCUT2D eigenvalue weighted by atomic mass is 10.1. The minimum atomic E-state index is 0.226. The summed E-state index contributed by atoms with van der Waals surface area (Å²) in [5, 5.41) is 17.9. The van der Waals surface area contributed by atoms with Gasteiger partial charge in [-0.2, -0.15) is 5.26 Å². The molecule has 0 atom stereocenters.